The maximum absolute atomic E-state index is 14.4. The molecule has 2 fully saturated rings. The Kier molecular flexibility index (Phi) is 7.23. The van der Waals surface area contributed by atoms with Crippen LogP contribution in [0.3, 0.4) is 0 Å². The zero-order chi connectivity index (χ0) is 24.1. The summed E-state index contributed by atoms with van der Waals surface area (Å²) in [6.07, 6.45) is -0.378. The zero-order valence-corrected chi connectivity index (χ0v) is 20.9. The van der Waals surface area contributed by atoms with Crippen molar-refractivity contribution < 1.29 is 22.0 Å². The number of aryl methyl sites for hydroxylation is 1. The van der Waals surface area contributed by atoms with Crippen LogP contribution in [-0.2, 0) is 13.2 Å². The van der Waals surface area contributed by atoms with Crippen LogP contribution in [0.25, 0.3) is 11.6 Å². The van der Waals surface area contributed by atoms with Gasteiger partial charge in [-0.15, -0.1) is 22.6 Å². The van der Waals surface area contributed by atoms with Gasteiger partial charge >= 0.3 is 6.18 Å². The predicted molar refractivity (Wildman–Crippen MR) is 126 cm³/mol. The summed E-state index contributed by atoms with van der Waals surface area (Å²) in [5.74, 6) is 1.41. The first-order chi connectivity index (χ1) is 16.2. The SMILES string of the molecule is Cc1ncoc1-c1nnc(SCCCN2CC[C@]3(C[C@H]3c3ccc(C(F)(F)F)cc3F)C2)n1C.Cl. The highest BCUT2D eigenvalue weighted by molar-refractivity contribution is 7.99. The molecule has 1 aliphatic carbocycles. The van der Waals surface area contributed by atoms with Gasteiger partial charge in [0.25, 0.3) is 0 Å². The maximum atomic E-state index is 14.4. The second kappa shape index (κ2) is 9.74. The molecule has 3 aromatic rings. The number of thioether (sulfide) groups is 1. The molecular formula is C23H26ClF4N5OS. The topological polar surface area (TPSA) is 60.0 Å². The van der Waals surface area contributed by atoms with Crippen LogP contribution in [0.2, 0.25) is 0 Å². The van der Waals surface area contributed by atoms with E-state index in [1.807, 2.05) is 18.5 Å². The largest absolute Gasteiger partial charge is 0.440 e. The summed E-state index contributed by atoms with van der Waals surface area (Å²) in [5.41, 5.74) is 0.260. The van der Waals surface area contributed by atoms with Crippen molar-refractivity contribution in [3.63, 3.8) is 0 Å². The van der Waals surface area contributed by atoms with Gasteiger partial charge in [-0.05, 0) is 68.3 Å². The number of benzene rings is 1. The number of oxazole rings is 1. The van der Waals surface area contributed by atoms with Crippen LogP contribution < -0.4 is 0 Å². The second-order valence-corrected chi connectivity index (χ2v) is 10.3. The third-order valence-corrected chi connectivity index (χ3v) is 8.10. The van der Waals surface area contributed by atoms with E-state index >= 15 is 0 Å². The number of aromatic nitrogens is 4. The van der Waals surface area contributed by atoms with Gasteiger partial charge in [0, 0.05) is 19.3 Å². The average molecular weight is 532 g/mol. The molecule has 0 radical (unpaired) electrons. The number of rotatable bonds is 7. The first kappa shape index (κ1) is 26.0. The molecule has 35 heavy (non-hydrogen) atoms. The Labute approximate surface area is 210 Å². The van der Waals surface area contributed by atoms with Crippen LogP contribution in [0, 0.1) is 18.2 Å². The molecule has 0 N–H and O–H groups in total. The Bertz CT molecular complexity index is 1200. The molecule has 0 amide bonds. The van der Waals surface area contributed by atoms with Crippen molar-refractivity contribution in [1.29, 1.82) is 0 Å². The molecule has 190 valence electrons. The molecule has 2 atom stereocenters. The number of nitrogens with zero attached hydrogens (tertiary/aromatic N) is 5. The minimum atomic E-state index is -4.52. The molecule has 1 saturated carbocycles. The van der Waals surface area contributed by atoms with Crippen LogP contribution in [0.15, 0.2) is 34.2 Å². The van der Waals surface area contributed by atoms with E-state index in [-0.39, 0.29) is 23.7 Å². The lowest BCUT2D eigenvalue weighted by Gasteiger charge is -2.16. The van der Waals surface area contributed by atoms with Crippen LogP contribution in [0.4, 0.5) is 17.6 Å². The maximum Gasteiger partial charge on any atom is 0.416 e. The van der Waals surface area contributed by atoms with E-state index in [0.29, 0.717) is 23.2 Å². The summed E-state index contributed by atoms with van der Waals surface area (Å²) in [5, 5.41) is 9.29. The number of likely N-dealkylation sites (tertiary alicyclic amines) is 1. The Morgan fingerprint density at radius 2 is 2.06 bits per heavy atom. The molecule has 3 heterocycles. The van der Waals surface area contributed by atoms with Gasteiger partial charge in [0.15, 0.2) is 17.3 Å². The van der Waals surface area contributed by atoms with Crippen LogP contribution in [0.1, 0.15) is 42.0 Å². The summed E-state index contributed by atoms with van der Waals surface area (Å²) < 4.78 is 60.2. The fourth-order valence-corrected chi connectivity index (χ4v) is 5.84. The summed E-state index contributed by atoms with van der Waals surface area (Å²) in [6, 6.07) is 2.95. The van der Waals surface area contributed by atoms with E-state index < -0.39 is 17.6 Å². The molecular weight excluding hydrogens is 506 g/mol. The lowest BCUT2D eigenvalue weighted by molar-refractivity contribution is -0.137. The van der Waals surface area contributed by atoms with Gasteiger partial charge in [0.2, 0.25) is 5.82 Å². The van der Waals surface area contributed by atoms with Crippen molar-refractivity contribution in [1.82, 2.24) is 24.6 Å². The standard InChI is InChI=1S/C23H25F4N5OS.ClH/c1-14-19(33-13-28-14)20-29-30-21(31(20)2)34-9-3-7-32-8-6-22(12-32)11-17(22)16-5-4-15(10-18(16)24)23(25,26)27;/h4-5,10,13,17H,3,6-9,11-12H2,1-2H3;1H/t17-,22-;/m0./s1. The Morgan fingerprint density at radius 3 is 2.74 bits per heavy atom. The molecule has 2 aromatic heterocycles. The third-order valence-electron chi connectivity index (χ3n) is 6.99. The fourth-order valence-electron chi connectivity index (χ4n) is 5.01. The smallest absolute Gasteiger partial charge is 0.416 e. The lowest BCUT2D eigenvalue weighted by atomic mass is 9.97. The Hall–Kier alpha value is -2.11. The minimum absolute atomic E-state index is 0. The highest BCUT2D eigenvalue weighted by atomic mass is 35.5. The number of hydrogen-bond acceptors (Lipinski definition) is 6. The van der Waals surface area contributed by atoms with E-state index in [2.05, 4.69) is 20.1 Å². The minimum Gasteiger partial charge on any atom is -0.440 e. The van der Waals surface area contributed by atoms with E-state index in [1.165, 1.54) is 12.5 Å². The summed E-state index contributed by atoms with van der Waals surface area (Å²) in [4.78, 5) is 6.47. The van der Waals surface area contributed by atoms with Crippen molar-refractivity contribution in [3.8, 4) is 11.6 Å². The molecule has 0 bridgehead atoms. The van der Waals surface area contributed by atoms with E-state index in [9.17, 15) is 17.6 Å². The molecule has 1 spiro atoms. The molecule has 12 heteroatoms. The van der Waals surface area contributed by atoms with Crippen molar-refractivity contribution in [2.45, 2.75) is 43.4 Å². The normalized spacial score (nSPS) is 22.1. The molecule has 1 saturated heterocycles. The highest BCUT2D eigenvalue weighted by Crippen LogP contribution is 2.64. The first-order valence-electron chi connectivity index (χ1n) is 11.2. The Morgan fingerprint density at radius 1 is 1.26 bits per heavy atom. The van der Waals surface area contributed by atoms with Gasteiger partial charge < -0.3 is 13.9 Å². The monoisotopic (exact) mass is 531 g/mol. The van der Waals surface area contributed by atoms with E-state index in [0.717, 1.165) is 61.6 Å². The third kappa shape index (κ3) is 5.08. The van der Waals surface area contributed by atoms with Crippen LogP contribution >= 0.6 is 24.2 Å². The Balaban J connectivity index is 0.00000289. The first-order valence-corrected chi connectivity index (χ1v) is 12.2. The number of halogens is 5. The molecule has 1 aliphatic heterocycles. The van der Waals surface area contributed by atoms with Crippen molar-refractivity contribution in [2.75, 3.05) is 25.4 Å². The van der Waals surface area contributed by atoms with Gasteiger partial charge in [-0.3, -0.25) is 0 Å². The van der Waals surface area contributed by atoms with Crippen LogP contribution in [-0.4, -0.2) is 50.0 Å². The summed E-state index contributed by atoms with van der Waals surface area (Å²) in [6.45, 7) is 4.58. The predicted octanol–water partition coefficient (Wildman–Crippen LogP) is 5.72. The van der Waals surface area contributed by atoms with E-state index in [4.69, 9.17) is 4.42 Å². The molecule has 1 aromatic carbocycles. The summed E-state index contributed by atoms with van der Waals surface area (Å²) in [7, 11) is 1.90. The summed E-state index contributed by atoms with van der Waals surface area (Å²) >= 11 is 1.63. The quantitative estimate of drug-likeness (QED) is 0.221. The van der Waals surface area contributed by atoms with Gasteiger partial charge in [-0.25, -0.2) is 9.37 Å². The zero-order valence-electron chi connectivity index (χ0n) is 19.3. The molecule has 0 unspecified atom stereocenters. The fraction of sp³-hybridized carbons (Fsp3) is 0.522. The van der Waals surface area contributed by atoms with Gasteiger partial charge in [0.05, 0.1) is 11.3 Å². The molecule has 6 nitrogen and oxygen atoms in total. The molecule has 5 rings (SSSR count). The van der Waals surface area contributed by atoms with E-state index in [1.54, 1.807) is 11.8 Å². The highest BCUT2D eigenvalue weighted by Gasteiger charge is 2.58. The number of hydrogen-bond donors (Lipinski definition) is 0. The second-order valence-electron chi connectivity index (χ2n) is 9.21. The van der Waals surface area contributed by atoms with Gasteiger partial charge in [0.1, 0.15) is 5.82 Å². The van der Waals surface area contributed by atoms with Gasteiger partial charge in [-0.2, -0.15) is 13.2 Å². The molecule has 2 aliphatic rings. The van der Waals surface area contributed by atoms with Crippen LogP contribution in [0.5, 0.6) is 0 Å². The number of alkyl halides is 3. The lowest BCUT2D eigenvalue weighted by Crippen LogP contribution is -2.23. The van der Waals surface area contributed by atoms with Crippen molar-refractivity contribution >= 4 is 24.2 Å². The van der Waals surface area contributed by atoms with Crippen molar-refractivity contribution in [2.24, 2.45) is 12.5 Å². The average Bonchev–Trinajstić information content (AvgIpc) is 3.07. The van der Waals surface area contributed by atoms with Crippen molar-refractivity contribution in [3.05, 3.63) is 47.2 Å². The van der Waals surface area contributed by atoms with Gasteiger partial charge in [-0.1, -0.05) is 17.8 Å².